The maximum atomic E-state index is 13.4. The SMILES string of the molecule is CCC1(c2ccc(N3C(=O)c4cccc5cc(N([O-])O)cc(c45)C3=O)cc2)CCC(=O)NC1=O. The molecular weight excluding hydrogens is 438 g/mol. The minimum absolute atomic E-state index is 0.122. The standard InChI is InChI=1S/C25H20N3O6/c1-2-25(11-10-20(29)26-24(25)32)15-6-8-16(9-7-15)27-22(30)18-5-3-4-14-12-17(28(33)34)13-19(21(14)18)23(27)31/h3-9,12-13,33H,2,10-11H2,1H3,(H,26,29,32)/q-1. The molecule has 1 unspecified atom stereocenters. The van der Waals surface area contributed by atoms with Crippen LogP contribution in [0.1, 0.15) is 52.5 Å². The van der Waals surface area contributed by atoms with Gasteiger partial charge in [-0.1, -0.05) is 31.2 Å². The Labute approximate surface area is 194 Å². The van der Waals surface area contributed by atoms with E-state index in [0.717, 1.165) is 4.90 Å². The summed E-state index contributed by atoms with van der Waals surface area (Å²) in [6, 6.07) is 14.1. The number of anilines is 2. The smallest absolute Gasteiger partial charge is 0.266 e. The summed E-state index contributed by atoms with van der Waals surface area (Å²) in [6.07, 6.45) is 1.09. The van der Waals surface area contributed by atoms with Crippen LogP contribution in [0.25, 0.3) is 10.8 Å². The average Bonchev–Trinajstić information content (AvgIpc) is 2.83. The Morgan fingerprint density at radius 1 is 1.03 bits per heavy atom. The van der Waals surface area contributed by atoms with Crippen LogP contribution in [0.15, 0.2) is 54.6 Å². The summed E-state index contributed by atoms with van der Waals surface area (Å²) in [5, 5.41) is 23.9. The van der Waals surface area contributed by atoms with Crippen LogP contribution in [0.3, 0.4) is 0 Å². The molecule has 1 atom stereocenters. The van der Waals surface area contributed by atoms with Crippen molar-refractivity contribution in [2.45, 2.75) is 31.6 Å². The van der Waals surface area contributed by atoms with Crippen LogP contribution in [0, 0.1) is 5.21 Å². The van der Waals surface area contributed by atoms with Gasteiger partial charge in [0.2, 0.25) is 11.8 Å². The monoisotopic (exact) mass is 458 g/mol. The van der Waals surface area contributed by atoms with Crippen LogP contribution in [0.5, 0.6) is 0 Å². The highest BCUT2D eigenvalue weighted by Gasteiger charge is 2.43. The number of amides is 4. The molecule has 0 radical (unpaired) electrons. The summed E-state index contributed by atoms with van der Waals surface area (Å²) in [4.78, 5) is 52.0. The molecule has 172 valence electrons. The fourth-order valence-corrected chi connectivity index (χ4v) is 4.93. The van der Waals surface area contributed by atoms with Gasteiger partial charge in [-0.2, -0.15) is 0 Å². The van der Waals surface area contributed by atoms with E-state index in [2.05, 4.69) is 5.32 Å². The highest BCUT2D eigenvalue weighted by molar-refractivity contribution is 6.36. The third-order valence-corrected chi connectivity index (χ3v) is 6.80. The molecule has 0 aliphatic carbocycles. The number of carbonyl (C=O) groups is 4. The van der Waals surface area contributed by atoms with E-state index in [9.17, 15) is 29.6 Å². The maximum Gasteiger partial charge on any atom is 0.266 e. The lowest BCUT2D eigenvalue weighted by Crippen LogP contribution is -2.51. The van der Waals surface area contributed by atoms with E-state index in [0.29, 0.717) is 40.4 Å². The Morgan fingerprint density at radius 2 is 1.74 bits per heavy atom. The summed E-state index contributed by atoms with van der Waals surface area (Å²) in [7, 11) is 0. The van der Waals surface area contributed by atoms with Crippen molar-refractivity contribution in [3.05, 3.63) is 76.5 Å². The number of nitrogens with one attached hydrogen (secondary N) is 1. The minimum atomic E-state index is -0.867. The molecule has 9 nitrogen and oxygen atoms in total. The van der Waals surface area contributed by atoms with Crippen LogP contribution in [-0.2, 0) is 15.0 Å². The summed E-state index contributed by atoms with van der Waals surface area (Å²) < 4.78 is 0. The Hall–Kier alpha value is -4.08. The zero-order chi connectivity index (χ0) is 24.2. The summed E-state index contributed by atoms with van der Waals surface area (Å²) in [6.45, 7) is 1.87. The van der Waals surface area contributed by atoms with Crippen LogP contribution in [0.4, 0.5) is 11.4 Å². The van der Waals surface area contributed by atoms with Crippen molar-refractivity contribution in [2.75, 3.05) is 10.1 Å². The predicted molar refractivity (Wildman–Crippen MR) is 124 cm³/mol. The van der Waals surface area contributed by atoms with Crippen LogP contribution in [-0.4, -0.2) is 28.8 Å². The van der Waals surface area contributed by atoms with Crippen molar-refractivity contribution >= 4 is 45.8 Å². The first-order chi connectivity index (χ1) is 16.3. The van der Waals surface area contributed by atoms with Crippen LogP contribution >= 0.6 is 0 Å². The van der Waals surface area contributed by atoms with Crippen LogP contribution < -0.4 is 15.4 Å². The molecule has 2 heterocycles. The Kier molecular flexibility index (Phi) is 4.96. The first kappa shape index (κ1) is 21.7. The van der Waals surface area contributed by atoms with Gasteiger partial charge in [-0.05, 0) is 54.1 Å². The van der Waals surface area contributed by atoms with Crippen molar-refractivity contribution in [2.24, 2.45) is 0 Å². The Balaban J connectivity index is 1.57. The van der Waals surface area contributed by atoms with Crippen molar-refractivity contribution in [3.8, 4) is 0 Å². The van der Waals surface area contributed by atoms with Gasteiger partial charge in [0.05, 0.1) is 22.4 Å². The van der Waals surface area contributed by atoms with Gasteiger partial charge in [0.1, 0.15) is 0 Å². The first-order valence-electron chi connectivity index (χ1n) is 10.8. The minimum Gasteiger partial charge on any atom is -0.733 e. The molecule has 0 aromatic heterocycles. The molecule has 2 aliphatic rings. The number of benzene rings is 3. The van der Waals surface area contributed by atoms with Crippen molar-refractivity contribution in [3.63, 3.8) is 0 Å². The van der Waals surface area contributed by atoms with E-state index in [-0.39, 0.29) is 34.7 Å². The Bertz CT molecular complexity index is 1380. The van der Waals surface area contributed by atoms with Gasteiger partial charge in [0, 0.05) is 17.4 Å². The van der Waals surface area contributed by atoms with E-state index >= 15 is 0 Å². The summed E-state index contributed by atoms with van der Waals surface area (Å²) in [5.74, 6) is -1.81. The number of carbonyl (C=O) groups excluding carboxylic acids is 4. The van der Waals surface area contributed by atoms with Gasteiger partial charge in [-0.15, -0.1) is 0 Å². The number of hydrogen-bond donors (Lipinski definition) is 2. The molecule has 3 aromatic rings. The first-order valence-corrected chi connectivity index (χ1v) is 10.8. The highest BCUT2D eigenvalue weighted by Crippen LogP contribution is 2.39. The molecule has 0 spiro atoms. The number of rotatable bonds is 4. The molecule has 0 saturated carbocycles. The number of piperidine rings is 1. The lowest BCUT2D eigenvalue weighted by atomic mass is 9.72. The third-order valence-electron chi connectivity index (χ3n) is 6.80. The van der Waals surface area contributed by atoms with Crippen molar-refractivity contribution in [1.29, 1.82) is 0 Å². The molecule has 2 aliphatic heterocycles. The average molecular weight is 458 g/mol. The van der Waals surface area contributed by atoms with E-state index in [4.69, 9.17) is 0 Å². The van der Waals surface area contributed by atoms with Gasteiger partial charge in [-0.3, -0.25) is 29.7 Å². The number of nitrogens with zero attached hydrogens (tertiary/aromatic N) is 2. The normalized spacial score (nSPS) is 20.0. The maximum absolute atomic E-state index is 13.4. The van der Waals surface area contributed by atoms with Gasteiger partial charge < -0.3 is 10.4 Å². The van der Waals surface area contributed by atoms with Gasteiger partial charge in [0.25, 0.3) is 11.8 Å². The molecule has 5 rings (SSSR count). The zero-order valence-corrected chi connectivity index (χ0v) is 18.2. The van der Waals surface area contributed by atoms with Crippen LogP contribution in [0.2, 0.25) is 0 Å². The second-order valence-corrected chi connectivity index (χ2v) is 8.48. The fraction of sp³-hybridized carbons (Fsp3) is 0.200. The second kappa shape index (κ2) is 7.75. The molecule has 9 heteroatoms. The molecule has 0 bridgehead atoms. The van der Waals surface area contributed by atoms with Gasteiger partial charge >= 0.3 is 0 Å². The third kappa shape index (κ3) is 3.09. The summed E-state index contributed by atoms with van der Waals surface area (Å²) in [5.41, 5.74) is 0.417. The zero-order valence-electron chi connectivity index (χ0n) is 18.2. The molecule has 3 aromatic carbocycles. The fourth-order valence-electron chi connectivity index (χ4n) is 4.93. The molecule has 4 amide bonds. The quantitative estimate of drug-likeness (QED) is 0.452. The van der Waals surface area contributed by atoms with E-state index in [1.165, 1.54) is 12.1 Å². The highest BCUT2D eigenvalue weighted by atomic mass is 16.8. The predicted octanol–water partition coefficient (Wildman–Crippen LogP) is 3.42. The molecule has 1 saturated heterocycles. The lowest BCUT2D eigenvalue weighted by Gasteiger charge is -2.35. The van der Waals surface area contributed by atoms with E-state index < -0.39 is 17.2 Å². The van der Waals surface area contributed by atoms with E-state index in [1.807, 2.05) is 6.92 Å². The van der Waals surface area contributed by atoms with Gasteiger partial charge in [-0.25, -0.2) is 4.90 Å². The second-order valence-electron chi connectivity index (χ2n) is 8.48. The molecule has 1 fully saturated rings. The number of hydrogen-bond acceptors (Lipinski definition) is 7. The number of imide groups is 2. The molecular formula is C25H20N3O6-. The van der Waals surface area contributed by atoms with Gasteiger partial charge in [0.15, 0.2) is 0 Å². The van der Waals surface area contributed by atoms with Crippen molar-refractivity contribution in [1.82, 2.24) is 5.32 Å². The topological polar surface area (TPSA) is 130 Å². The van der Waals surface area contributed by atoms with E-state index in [1.54, 1.807) is 42.5 Å². The molecule has 34 heavy (non-hydrogen) atoms. The lowest BCUT2D eigenvalue weighted by molar-refractivity contribution is -0.138. The Morgan fingerprint density at radius 3 is 2.38 bits per heavy atom. The largest absolute Gasteiger partial charge is 0.733 e. The molecule has 2 N–H and O–H groups in total. The summed E-state index contributed by atoms with van der Waals surface area (Å²) >= 11 is 0. The van der Waals surface area contributed by atoms with Crippen molar-refractivity contribution < 1.29 is 24.4 Å².